The maximum Gasteiger partial charge on any atom is 0.416 e. The Morgan fingerprint density at radius 3 is 2.18 bits per heavy atom. The Morgan fingerprint density at radius 1 is 0.882 bits per heavy atom. The number of benzene rings is 2. The number of amides is 2. The van der Waals surface area contributed by atoms with Gasteiger partial charge in [0.2, 0.25) is 0 Å². The van der Waals surface area contributed by atoms with Crippen LogP contribution in [0, 0.1) is 0 Å². The molecule has 3 rings (SSSR count). The van der Waals surface area contributed by atoms with Crippen molar-refractivity contribution < 1.29 is 37.0 Å². The van der Waals surface area contributed by atoms with E-state index >= 15 is 0 Å². The molecule has 0 saturated heterocycles. The molecule has 0 aliphatic carbocycles. The summed E-state index contributed by atoms with van der Waals surface area (Å²) < 4.78 is 49.5. The second-order valence-electron chi connectivity index (χ2n) is 6.93. The van der Waals surface area contributed by atoms with Gasteiger partial charge in [-0.1, -0.05) is 0 Å². The van der Waals surface area contributed by atoms with E-state index in [1.54, 1.807) is 18.2 Å². The fraction of sp³-hybridized carbons (Fsp3) is 0.130. The first-order valence-electron chi connectivity index (χ1n) is 9.68. The summed E-state index contributed by atoms with van der Waals surface area (Å²) in [5, 5.41) is 4.73. The van der Waals surface area contributed by atoms with Gasteiger partial charge in [0.05, 0.1) is 18.2 Å². The van der Waals surface area contributed by atoms with Gasteiger partial charge in [0, 0.05) is 30.6 Å². The van der Waals surface area contributed by atoms with Gasteiger partial charge in [-0.3, -0.25) is 9.78 Å². The molecule has 3 aromatic rings. The van der Waals surface area contributed by atoms with Crippen LogP contribution in [0.15, 0.2) is 60.8 Å². The summed E-state index contributed by atoms with van der Waals surface area (Å²) in [6.45, 7) is 1.38. The number of Topliss-reactive ketones (excluding diaryl/α,β-unsaturated/α-hetero) is 1. The number of hydrogen-bond acceptors (Lipinski definition) is 6. The number of esters is 1. The molecule has 2 N–H and O–H groups in total. The summed E-state index contributed by atoms with van der Waals surface area (Å²) in [5.41, 5.74) is -1.15. The highest BCUT2D eigenvalue weighted by Crippen LogP contribution is 2.32. The molecule has 11 heteroatoms. The van der Waals surface area contributed by atoms with Crippen LogP contribution in [0.1, 0.15) is 33.3 Å². The highest BCUT2D eigenvalue weighted by Gasteiger charge is 2.32. The molecule has 8 nitrogen and oxygen atoms in total. The number of methoxy groups -OCH3 is 1. The number of pyridine rings is 1. The van der Waals surface area contributed by atoms with Crippen molar-refractivity contribution in [2.24, 2.45) is 0 Å². The summed E-state index contributed by atoms with van der Waals surface area (Å²) in [5.74, 6) is -0.387. The minimum atomic E-state index is -4.73. The number of ketones is 1. The molecule has 0 aliphatic heterocycles. The van der Waals surface area contributed by atoms with Crippen molar-refractivity contribution in [2.75, 3.05) is 17.7 Å². The molecule has 0 bridgehead atoms. The van der Waals surface area contributed by atoms with Crippen LogP contribution in [-0.2, 0) is 10.9 Å². The molecule has 0 radical (unpaired) electrons. The van der Waals surface area contributed by atoms with Crippen molar-refractivity contribution in [1.29, 1.82) is 0 Å². The molecule has 0 aliphatic rings. The van der Waals surface area contributed by atoms with E-state index in [1.807, 2.05) is 0 Å². The summed E-state index contributed by atoms with van der Waals surface area (Å²) in [6.07, 6.45) is -3.29. The number of carbonyl (C=O) groups is 3. The highest BCUT2D eigenvalue weighted by molar-refractivity contribution is 6.01. The maximum atomic E-state index is 13.1. The van der Waals surface area contributed by atoms with E-state index in [0.717, 1.165) is 13.2 Å². The number of halogens is 3. The van der Waals surface area contributed by atoms with Crippen LogP contribution in [0.3, 0.4) is 0 Å². The van der Waals surface area contributed by atoms with E-state index in [2.05, 4.69) is 20.4 Å². The smallest absolute Gasteiger partial charge is 0.416 e. The third-order valence-corrected chi connectivity index (χ3v) is 4.38. The summed E-state index contributed by atoms with van der Waals surface area (Å²) >= 11 is 0. The summed E-state index contributed by atoms with van der Waals surface area (Å²) in [6, 6.07) is 10.7. The molecule has 1 aromatic heterocycles. The standard InChI is InChI=1S/C23H18F3N3O5/c1-13(30)20-12-19(7-8-27-20)34-18-5-3-16(4-6-18)28-22(32)29-17-10-14(21(31)33-2)9-15(11-17)23(24,25)26/h3-12H,1-2H3,(H2,28,29,32). The molecule has 0 atom stereocenters. The normalized spacial score (nSPS) is 10.9. The van der Waals surface area contributed by atoms with Crippen molar-refractivity contribution in [1.82, 2.24) is 4.98 Å². The maximum absolute atomic E-state index is 13.1. The number of alkyl halides is 3. The van der Waals surface area contributed by atoms with Crippen LogP contribution in [-0.4, -0.2) is 29.9 Å². The number of carbonyl (C=O) groups excluding carboxylic acids is 3. The highest BCUT2D eigenvalue weighted by atomic mass is 19.4. The second kappa shape index (κ2) is 10.0. The minimum Gasteiger partial charge on any atom is -0.465 e. The Morgan fingerprint density at radius 2 is 1.56 bits per heavy atom. The minimum absolute atomic E-state index is 0.213. The lowest BCUT2D eigenvalue weighted by Gasteiger charge is -2.13. The Hall–Kier alpha value is -4.41. The Bertz CT molecular complexity index is 1230. The second-order valence-corrected chi connectivity index (χ2v) is 6.93. The van der Waals surface area contributed by atoms with E-state index in [0.29, 0.717) is 29.3 Å². The molecule has 1 heterocycles. The predicted molar refractivity (Wildman–Crippen MR) is 116 cm³/mol. The van der Waals surface area contributed by atoms with Crippen molar-refractivity contribution >= 4 is 29.2 Å². The van der Waals surface area contributed by atoms with Crippen LogP contribution in [0.25, 0.3) is 0 Å². The summed E-state index contributed by atoms with van der Waals surface area (Å²) in [4.78, 5) is 39.3. The SMILES string of the molecule is COC(=O)c1cc(NC(=O)Nc2ccc(Oc3ccnc(C(C)=O)c3)cc2)cc(C(F)(F)F)c1. The van der Waals surface area contributed by atoms with E-state index in [-0.39, 0.29) is 22.7 Å². The van der Waals surface area contributed by atoms with Crippen LogP contribution in [0.2, 0.25) is 0 Å². The zero-order chi connectivity index (χ0) is 24.9. The van der Waals surface area contributed by atoms with Gasteiger partial charge >= 0.3 is 18.2 Å². The molecule has 176 valence electrons. The number of nitrogens with one attached hydrogen (secondary N) is 2. The van der Waals surface area contributed by atoms with Gasteiger partial charge in [0.15, 0.2) is 5.78 Å². The van der Waals surface area contributed by atoms with Gasteiger partial charge < -0.3 is 20.1 Å². The van der Waals surface area contributed by atoms with Crippen LogP contribution in [0.4, 0.5) is 29.3 Å². The molecule has 0 saturated carbocycles. The number of ether oxygens (including phenoxy) is 2. The largest absolute Gasteiger partial charge is 0.465 e. The third kappa shape index (κ3) is 6.31. The van der Waals surface area contributed by atoms with Crippen molar-refractivity contribution in [3.05, 3.63) is 77.6 Å². The van der Waals surface area contributed by atoms with Gasteiger partial charge in [-0.15, -0.1) is 0 Å². The van der Waals surface area contributed by atoms with Crippen molar-refractivity contribution in [3.63, 3.8) is 0 Å². The average molecular weight is 473 g/mol. The number of hydrogen-bond donors (Lipinski definition) is 2. The first-order valence-corrected chi connectivity index (χ1v) is 9.68. The van der Waals surface area contributed by atoms with Crippen molar-refractivity contribution in [3.8, 4) is 11.5 Å². The summed E-state index contributed by atoms with van der Waals surface area (Å²) in [7, 11) is 1.03. The Labute approximate surface area is 191 Å². The Balaban J connectivity index is 1.69. The monoisotopic (exact) mass is 473 g/mol. The quantitative estimate of drug-likeness (QED) is 0.360. The van der Waals surface area contributed by atoms with Gasteiger partial charge in [-0.2, -0.15) is 13.2 Å². The predicted octanol–water partition coefficient (Wildman–Crippen LogP) is 5.53. The fourth-order valence-electron chi connectivity index (χ4n) is 2.80. The van der Waals surface area contributed by atoms with E-state index in [1.165, 1.54) is 31.3 Å². The Kier molecular flexibility index (Phi) is 7.15. The molecule has 0 unspecified atom stereocenters. The van der Waals surface area contributed by atoms with E-state index in [4.69, 9.17) is 4.74 Å². The topological polar surface area (TPSA) is 107 Å². The molecule has 0 fully saturated rings. The van der Waals surface area contributed by atoms with Gasteiger partial charge in [-0.05, 0) is 48.5 Å². The first kappa shape index (κ1) is 24.2. The zero-order valence-corrected chi connectivity index (χ0v) is 17.9. The first-order chi connectivity index (χ1) is 16.0. The lowest BCUT2D eigenvalue weighted by atomic mass is 10.1. The van der Waals surface area contributed by atoms with Crippen LogP contribution >= 0.6 is 0 Å². The molecule has 2 amide bonds. The van der Waals surface area contributed by atoms with Gasteiger partial charge in [0.1, 0.15) is 17.2 Å². The van der Waals surface area contributed by atoms with E-state index in [9.17, 15) is 27.6 Å². The van der Waals surface area contributed by atoms with Crippen LogP contribution < -0.4 is 15.4 Å². The fourth-order valence-corrected chi connectivity index (χ4v) is 2.80. The lowest BCUT2D eigenvalue weighted by Crippen LogP contribution is -2.20. The molecule has 0 spiro atoms. The molecular weight excluding hydrogens is 455 g/mol. The molecule has 2 aromatic carbocycles. The number of urea groups is 1. The van der Waals surface area contributed by atoms with E-state index < -0.39 is 23.7 Å². The molecule has 34 heavy (non-hydrogen) atoms. The van der Waals surface area contributed by atoms with Crippen LogP contribution in [0.5, 0.6) is 11.5 Å². The third-order valence-electron chi connectivity index (χ3n) is 4.38. The average Bonchev–Trinajstić information content (AvgIpc) is 2.79. The van der Waals surface area contributed by atoms with Gasteiger partial charge in [-0.25, -0.2) is 9.59 Å². The molecular formula is C23H18F3N3O5. The zero-order valence-electron chi connectivity index (χ0n) is 17.9. The van der Waals surface area contributed by atoms with Crippen molar-refractivity contribution in [2.45, 2.75) is 13.1 Å². The number of aromatic nitrogens is 1. The lowest BCUT2D eigenvalue weighted by molar-refractivity contribution is -0.137. The number of nitrogens with zero attached hydrogens (tertiary/aromatic N) is 1. The number of anilines is 2. The van der Waals surface area contributed by atoms with Gasteiger partial charge in [0.25, 0.3) is 0 Å². The number of rotatable bonds is 6.